The first kappa shape index (κ1) is 18.1. The second kappa shape index (κ2) is 12.2. The van der Waals surface area contributed by atoms with E-state index in [2.05, 4.69) is 0 Å². The molecule has 4 nitrogen and oxygen atoms in total. The first-order valence-electron chi connectivity index (χ1n) is 7.18. The molecule has 2 N–H and O–H groups in total. The standard InChI is InChI=1S/C13H29O4P/c1-2-17-12-10-8-6-4-3-5-7-9-11-13-18(14,15)16/h2-13H2,1H3,(H2,14,15,16). The minimum Gasteiger partial charge on any atom is -0.382 e. The highest BCUT2D eigenvalue weighted by atomic mass is 31.2. The summed E-state index contributed by atoms with van der Waals surface area (Å²) in [4.78, 5) is 17.4. The van der Waals surface area contributed by atoms with Gasteiger partial charge in [-0.1, -0.05) is 44.9 Å². The van der Waals surface area contributed by atoms with E-state index in [1.54, 1.807) is 0 Å². The molecule has 0 saturated heterocycles. The lowest BCUT2D eigenvalue weighted by atomic mass is 10.1. The molecular weight excluding hydrogens is 251 g/mol. The van der Waals surface area contributed by atoms with Gasteiger partial charge in [-0.15, -0.1) is 0 Å². The van der Waals surface area contributed by atoms with Gasteiger partial charge in [-0.25, -0.2) is 0 Å². The summed E-state index contributed by atoms with van der Waals surface area (Å²) in [6.07, 6.45) is 10.1. The van der Waals surface area contributed by atoms with E-state index < -0.39 is 7.60 Å². The van der Waals surface area contributed by atoms with E-state index in [4.69, 9.17) is 14.5 Å². The van der Waals surface area contributed by atoms with E-state index in [9.17, 15) is 4.57 Å². The van der Waals surface area contributed by atoms with Gasteiger partial charge in [0.1, 0.15) is 0 Å². The molecule has 18 heavy (non-hydrogen) atoms. The summed E-state index contributed by atoms with van der Waals surface area (Å²) in [6.45, 7) is 3.72. The first-order valence-corrected chi connectivity index (χ1v) is 8.98. The molecule has 0 aromatic rings. The zero-order valence-corrected chi connectivity index (χ0v) is 12.5. The van der Waals surface area contributed by atoms with E-state index in [0.717, 1.165) is 32.5 Å². The molecule has 0 atom stereocenters. The van der Waals surface area contributed by atoms with Crippen LogP contribution in [-0.4, -0.2) is 29.2 Å². The summed E-state index contributed by atoms with van der Waals surface area (Å²) < 4.78 is 15.9. The second-order valence-electron chi connectivity index (χ2n) is 4.77. The highest BCUT2D eigenvalue weighted by molar-refractivity contribution is 7.51. The second-order valence-corrected chi connectivity index (χ2v) is 6.54. The third kappa shape index (κ3) is 16.1. The highest BCUT2D eigenvalue weighted by Crippen LogP contribution is 2.35. The minimum absolute atomic E-state index is 0.0461. The molecular formula is C13H29O4P. The Morgan fingerprint density at radius 1 is 0.833 bits per heavy atom. The molecule has 0 aliphatic carbocycles. The van der Waals surface area contributed by atoms with E-state index in [-0.39, 0.29) is 6.16 Å². The maximum Gasteiger partial charge on any atom is 0.325 e. The van der Waals surface area contributed by atoms with Gasteiger partial charge in [0.25, 0.3) is 0 Å². The maximum atomic E-state index is 10.6. The van der Waals surface area contributed by atoms with Gasteiger partial charge >= 0.3 is 7.60 Å². The highest BCUT2D eigenvalue weighted by Gasteiger charge is 2.10. The number of rotatable bonds is 13. The van der Waals surface area contributed by atoms with Crippen molar-refractivity contribution in [2.75, 3.05) is 19.4 Å². The van der Waals surface area contributed by atoms with Crippen LogP contribution in [0.3, 0.4) is 0 Å². The Morgan fingerprint density at radius 2 is 1.28 bits per heavy atom. The molecule has 0 aromatic carbocycles. The predicted molar refractivity (Wildman–Crippen MR) is 75.0 cm³/mol. The lowest BCUT2D eigenvalue weighted by Crippen LogP contribution is -1.93. The first-order chi connectivity index (χ1) is 8.56. The number of hydrogen-bond acceptors (Lipinski definition) is 2. The molecule has 0 unspecified atom stereocenters. The van der Waals surface area contributed by atoms with Crippen molar-refractivity contribution in [3.05, 3.63) is 0 Å². The van der Waals surface area contributed by atoms with Crippen LogP contribution in [0.25, 0.3) is 0 Å². The number of ether oxygens (including phenoxy) is 1. The SMILES string of the molecule is CCOCCCCCCCCCCCP(=O)(O)O. The van der Waals surface area contributed by atoms with Crippen molar-refractivity contribution in [2.24, 2.45) is 0 Å². The number of hydrogen-bond donors (Lipinski definition) is 2. The molecule has 0 rings (SSSR count). The summed E-state index contributed by atoms with van der Waals surface area (Å²) in [5.41, 5.74) is 0. The van der Waals surface area contributed by atoms with Gasteiger partial charge in [-0.05, 0) is 19.8 Å². The summed E-state index contributed by atoms with van der Waals surface area (Å²) >= 11 is 0. The third-order valence-corrected chi connectivity index (χ3v) is 3.84. The maximum absolute atomic E-state index is 10.6. The van der Waals surface area contributed by atoms with Gasteiger partial charge in [0, 0.05) is 19.4 Å². The van der Waals surface area contributed by atoms with Crippen LogP contribution in [0.4, 0.5) is 0 Å². The number of unbranched alkanes of at least 4 members (excludes halogenated alkanes) is 8. The Kier molecular flexibility index (Phi) is 12.2. The fourth-order valence-electron chi connectivity index (χ4n) is 1.90. The van der Waals surface area contributed by atoms with Crippen LogP contribution in [-0.2, 0) is 9.30 Å². The van der Waals surface area contributed by atoms with Gasteiger partial charge in [0.05, 0.1) is 0 Å². The van der Waals surface area contributed by atoms with Crippen LogP contribution in [0.15, 0.2) is 0 Å². The van der Waals surface area contributed by atoms with Gasteiger partial charge in [0.2, 0.25) is 0 Å². The average molecular weight is 280 g/mol. The van der Waals surface area contributed by atoms with Crippen LogP contribution >= 0.6 is 7.60 Å². The van der Waals surface area contributed by atoms with Crippen molar-refractivity contribution in [1.29, 1.82) is 0 Å². The molecule has 0 heterocycles. The van der Waals surface area contributed by atoms with Gasteiger partial charge in [-0.2, -0.15) is 0 Å². The van der Waals surface area contributed by atoms with Gasteiger partial charge in [-0.3, -0.25) is 4.57 Å². The van der Waals surface area contributed by atoms with Crippen LogP contribution in [0.2, 0.25) is 0 Å². The van der Waals surface area contributed by atoms with Crippen molar-refractivity contribution in [1.82, 2.24) is 0 Å². The van der Waals surface area contributed by atoms with Crippen LogP contribution in [0, 0.1) is 0 Å². The molecule has 110 valence electrons. The molecule has 0 bridgehead atoms. The molecule has 0 aliphatic heterocycles. The molecule has 0 aromatic heterocycles. The van der Waals surface area contributed by atoms with Crippen molar-refractivity contribution in [3.8, 4) is 0 Å². The van der Waals surface area contributed by atoms with Crippen molar-refractivity contribution in [3.63, 3.8) is 0 Å². The summed E-state index contributed by atoms with van der Waals surface area (Å²) in [5.74, 6) is 0. The van der Waals surface area contributed by atoms with Crippen LogP contribution < -0.4 is 0 Å². The Hall–Kier alpha value is 0.110. The molecule has 0 fully saturated rings. The molecule has 0 aliphatic rings. The van der Waals surface area contributed by atoms with E-state index >= 15 is 0 Å². The Morgan fingerprint density at radius 3 is 1.72 bits per heavy atom. The van der Waals surface area contributed by atoms with Crippen molar-refractivity contribution in [2.45, 2.75) is 64.7 Å². The van der Waals surface area contributed by atoms with Crippen molar-refractivity contribution >= 4 is 7.60 Å². The smallest absolute Gasteiger partial charge is 0.325 e. The lowest BCUT2D eigenvalue weighted by molar-refractivity contribution is 0.143. The zero-order chi connectivity index (χ0) is 13.7. The third-order valence-electron chi connectivity index (χ3n) is 2.94. The van der Waals surface area contributed by atoms with Gasteiger partial charge < -0.3 is 14.5 Å². The normalized spacial score (nSPS) is 11.9. The molecule has 0 saturated carbocycles. The van der Waals surface area contributed by atoms with Gasteiger partial charge in [0.15, 0.2) is 0 Å². The zero-order valence-electron chi connectivity index (χ0n) is 11.6. The fraction of sp³-hybridized carbons (Fsp3) is 1.00. The van der Waals surface area contributed by atoms with Crippen LogP contribution in [0.1, 0.15) is 64.7 Å². The van der Waals surface area contributed by atoms with E-state index in [0.29, 0.717) is 6.42 Å². The fourth-order valence-corrected chi connectivity index (χ4v) is 2.54. The summed E-state index contributed by atoms with van der Waals surface area (Å²) in [5, 5.41) is 0. The topological polar surface area (TPSA) is 66.8 Å². The monoisotopic (exact) mass is 280 g/mol. The lowest BCUT2D eigenvalue weighted by Gasteiger charge is -2.04. The molecule has 0 radical (unpaired) electrons. The molecule has 5 heteroatoms. The van der Waals surface area contributed by atoms with Crippen LogP contribution in [0.5, 0.6) is 0 Å². The Balaban J connectivity index is 3.01. The van der Waals surface area contributed by atoms with Crippen molar-refractivity contribution < 1.29 is 19.1 Å². The predicted octanol–water partition coefficient (Wildman–Crippen LogP) is 3.71. The van der Waals surface area contributed by atoms with E-state index in [1.807, 2.05) is 6.92 Å². The largest absolute Gasteiger partial charge is 0.382 e. The van der Waals surface area contributed by atoms with E-state index in [1.165, 1.54) is 32.1 Å². The Bertz CT molecular complexity index is 215. The summed E-state index contributed by atoms with van der Waals surface area (Å²) in [7, 11) is -3.76. The molecule has 0 amide bonds. The average Bonchev–Trinajstić information content (AvgIpc) is 2.29. The summed E-state index contributed by atoms with van der Waals surface area (Å²) in [6, 6.07) is 0. The minimum atomic E-state index is -3.76. The molecule has 0 spiro atoms. The quantitative estimate of drug-likeness (QED) is 0.398. The Labute approximate surface area is 111 Å².